The molecule has 0 aliphatic heterocycles. The Hall–Kier alpha value is -2.86. The Morgan fingerprint density at radius 3 is 2.76 bits per heavy atom. The van der Waals surface area contributed by atoms with Crippen molar-refractivity contribution in [3.8, 4) is 17.1 Å². The summed E-state index contributed by atoms with van der Waals surface area (Å²) in [6.07, 6.45) is 0. The van der Waals surface area contributed by atoms with Crippen molar-refractivity contribution in [1.82, 2.24) is 15.4 Å². The summed E-state index contributed by atoms with van der Waals surface area (Å²) in [7, 11) is 0. The van der Waals surface area contributed by atoms with Crippen LogP contribution in [0.5, 0.6) is 5.75 Å². The first-order chi connectivity index (χ1) is 10.1. The SMILES string of the molecule is Cc1cc(O)ccc1-c1nc2ccc(C(=O)NO)cc2[nH]1. The van der Waals surface area contributed by atoms with Gasteiger partial charge >= 0.3 is 0 Å². The van der Waals surface area contributed by atoms with Gasteiger partial charge < -0.3 is 10.1 Å². The second-order valence-corrected chi connectivity index (χ2v) is 4.76. The number of amides is 1. The molecular weight excluding hydrogens is 270 g/mol. The summed E-state index contributed by atoms with van der Waals surface area (Å²) in [4.78, 5) is 19.0. The van der Waals surface area contributed by atoms with Gasteiger partial charge in [0.1, 0.15) is 11.6 Å². The molecule has 4 N–H and O–H groups in total. The first-order valence-electron chi connectivity index (χ1n) is 6.32. The lowest BCUT2D eigenvalue weighted by molar-refractivity contribution is 0.0706. The van der Waals surface area contributed by atoms with Gasteiger partial charge in [-0.3, -0.25) is 10.0 Å². The van der Waals surface area contributed by atoms with Crippen molar-refractivity contribution in [2.45, 2.75) is 6.92 Å². The number of benzene rings is 2. The van der Waals surface area contributed by atoms with Crippen molar-refractivity contribution in [3.63, 3.8) is 0 Å². The zero-order valence-electron chi connectivity index (χ0n) is 11.2. The molecule has 0 unspecified atom stereocenters. The molecule has 0 spiro atoms. The van der Waals surface area contributed by atoms with E-state index in [-0.39, 0.29) is 5.75 Å². The second-order valence-electron chi connectivity index (χ2n) is 4.76. The van der Waals surface area contributed by atoms with Crippen molar-refractivity contribution in [3.05, 3.63) is 47.5 Å². The maximum atomic E-state index is 11.4. The Kier molecular flexibility index (Phi) is 3.08. The Labute approximate surface area is 120 Å². The Morgan fingerprint density at radius 1 is 1.24 bits per heavy atom. The molecular formula is C15H13N3O3. The third-order valence-corrected chi connectivity index (χ3v) is 3.31. The van der Waals surface area contributed by atoms with E-state index in [0.29, 0.717) is 22.4 Å². The maximum absolute atomic E-state index is 11.4. The minimum absolute atomic E-state index is 0.203. The molecule has 3 aromatic rings. The minimum Gasteiger partial charge on any atom is -0.508 e. The molecule has 3 rings (SSSR count). The first-order valence-corrected chi connectivity index (χ1v) is 6.32. The monoisotopic (exact) mass is 283 g/mol. The van der Waals surface area contributed by atoms with Crippen molar-refractivity contribution >= 4 is 16.9 Å². The van der Waals surface area contributed by atoms with E-state index < -0.39 is 5.91 Å². The molecule has 0 saturated carbocycles. The van der Waals surface area contributed by atoms with E-state index in [1.54, 1.807) is 41.9 Å². The summed E-state index contributed by atoms with van der Waals surface area (Å²) in [5.41, 5.74) is 5.11. The highest BCUT2D eigenvalue weighted by molar-refractivity contribution is 5.97. The quantitative estimate of drug-likeness (QED) is 0.428. The first kappa shape index (κ1) is 13.1. The lowest BCUT2D eigenvalue weighted by Crippen LogP contribution is -2.18. The van der Waals surface area contributed by atoms with E-state index >= 15 is 0 Å². The molecule has 0 fully saturated rings. The fraction of sp³-hybridized carbons (Fsp3) is 0.0667. The topological polar surface area (TPSA) is 98.2 Å². The van der Waals surface area contributed by atoms with Gasteiger partial charge in [-0.05, 0) is 48.9 Å². The number of hydroxylamine groups is 1. The molecule has 0 aliphatic carbocycles. The second kappa shape index (κ2) is 4.92. The zero-order valence-corrected chi connectivity index (χ0v) is 11.2. The number of carbonyl (C=O) groups is 1. The summed E-state index contributed by atoms with van der Waals surface area (Å²) in [5, 5.41) is 18.1. The number of aromatic nitrogens is 2. The van der Waals surface area contributed by atoms with Gasteiger partial charge in [-0.25, -0.2) is 10.5 Å². The molecule has 2 aromatic carbocycles. The smallest absolute Gasteiger partial charge is 0.274 e. The molecule has 6 nitrogen and oxygen atoms in total. The molecule has 6 heteroatoms. The third-order valence-electron chi connectivity index (χ3n) is 3.31. The summed E-state index contributed by atoms with van der Waals surface area (Å²) < 4.78 is 0. The van der Waals surface area contributed by atoms with Crippen LogP contribution in [-0.2, 0) is 0 Å². The van der Waals surface area contributed by atoms with Crippen LogP contribution in [0.4, 0.5) is 0 Å². The number of carbonyl (C=O) groups excluding carboxylic acids is 1. The number of H-pyrrole nitrogens is 1. The van der Waals surface area contributed by atoms with E-state index in [2.05, 4.69) is 9.97 Å². The van der Waals surface area contributed by atoms with Crippen LogP contribution in [0.2, 0.25) is 0 Å². The third kappa shape index (κ3) is 2.32. The van der Waals surface area contributed by atoms with Crippen molar-refractivity contribution < 1.29 is 15.1 Å². The van der Waals surface area contributed by atoms with Gasteiger partial charge in [-0.1, -0.05) is 0 Å². The number of hydrogen-bond acceptors (Lipinski definition) is 4. The fourth-order valence-corrected chi connectivity index (χ4v) is 2.26. The highest BCUT2D eigenvalue weighted by Crippen LogP contribution is 2.26. The largest absolute Gasteiger partial charge is 0.508 e. The highest BCUT2D eigenvalue weighted by atomic mass is 16.5. The number of imidazole rings is 1. The molecule has 0 saturated heterocycles. The maximum Gasteiger partial charge on any atom is 0.274 e. The fourth-order valence-electron chi connectivity index (χ4n) is 2.26. The molecule has 0 atom stereocenters. The molecule has 0 radical (unpaired) electrons. The van der Waals surface area contributed by atoms with Crippen molar-refractivity contribution in [2.24, 2.45) is 0 Å². The highest BCUT2D eigenvalue weighted by Gasteiger charge is 2.11. The van der Waals surface area contributed by atoms with Gasteiger partial charge in [0.05, 0.1) is 11.0 Å². The van der Waals surface area contributed by atoms with Gasteiger partial charge in [0.2, 0.25) is 0 Å². The van der Waals surface area contributed by atoms with Crippen LogP contribution in [-0.4, -0.2) is 26.2 Å². The van der Waals surface area contributed by atoms with Gasteiger partial charge in [-0.15, -0.1) is 0 Å². The normalized spacial score (nSPS) is 10.8. The standard InChI is InChI=1S/C15H13N3O3/c1-8-6-10(19)3-4-11(8)14-16-12-5-2-9(15(20)18-21)7-13(12)17-14/h2-7,19,21H,1H3,(H,16,17)(H,18,20). The number of phenolic OH excluding ortho intramolecular Hbond substituents is 1. The predicted molar refractivity (Wildman–Crippen MR) is 77.2 cm³/mol. The van der Waals surface area contributed by atoms with E-state index in [9.17, 15) is 9.90 Å². The number of phenols is 1. The van der Waals surface area contributed by atoms with Crippen LogP contribution in [0, 0.1) is 6.92 Å². The van der Waals surface area contributed by atoms with Crippen LogP contribution in [0.1, 0.15) is 15.9 Å². The van der Waals surface area contributed by atoms with Crippen LogP contribution >= 0.6 is 0 Å². The predicted octanol–water partition coefficient (Wildman–Crippen LogP) is 2.36. The van der Waals surface area contributed by atoms with E-state index in [0.717, 1.165) is 11.1 Å². The molecule has 1 heterocycles. The summed E-state index contributed by atoms with van der Waals surface area (Å²) in [6, 6.07) is 9.95. The number of rotatable bonds is 2. The molecule has 21 heavy (non-hydrogen) atoms. The Bertz CT molecular complexity index is 839. The van der Waals surface area contributed by atoms with Crippen LogP contribution < -0.4 is 5.48 Å². The molecule has 106 valence electrons. The molecule has 1 amide bonds. The summed E-state index contributed by atoms with van der Waals surface area (Å²) >= 11 is 0. The lowest BCUT2D eigenvalue weighted by atomic mass is 10.1. The molecule has 0 bridgehead atoms. The number of nitrogens with one attached hydrogen (secondary N) is 2. The number of hydrogen-bond donors (Lipinski definition) is 4. The van der Waals surface area contributed by atoms with Crippen LogP contribution in [0.3, 0.4) is 0 Å². The van der Waals surface area contributed by atoms with Crippen LogP contribution in [0.25, 0.3) is 22.4 Å². The summed E-state index contributed by atoms with van der Waals surface area (Å²) in [5.74, 6) is 0.284. The van der Waals surface area contributed by atoms with Gasteiger partial charge in [0.25, 0.3) is 5.91 Å². The number of fused-ring (bicyclic) bond motifs is 1. The van der Waals surface area contributed by atoms with E-state index in [1.807, 2.05) is 6.92 Å². The number of aromatic amines is 1. The number of nitrogens with zero attached hydrogens (tertiary/aromatic N) is 1. The molecule has 1 aromatic heterocycles. The van der Waals surface area contributed by atoms with E-state index in [4.69, 9.17) is 5.21 Å². The average molecular weight is 283 g/mol. The zero-order chi connectivity index (χ0) is 15.0. The number of aromatic hydroxyl groups is 1. The minimum atomic E-state index is -0.575. The number of aryl methyl sites for hydroxylation is 1. The average Bonchev–Trinajstić information content (AvgIpc) is 2.88. The van der Waals surface area contributed by atoms with Crippen molar-refractivity contribution in [1.29, 1.82) is 0 Å². The Balaban J connectivity index is 2.10. The summed E-state index contributed by atoms with van der Waals surface area (Å²) in [6.45, 7) is 1.88. The lowest BCUT2D eigenvalue weighted by Gasteiger charge is -2.02. The van der Waals surface area contributed by atoms with Gasteiger partial charge in [-0.2, -0.15) is 0 Å². The van der Waals surface area contributed by atoms with Gasteiger partial charge in [0.15, 0.2) is 0 Å². The van der Waals surface area contributed by atoms with Gasteiger partial charge in [0, 0.05) is 11.1 Å². The van der Waals surface area contributed by atoms with Crippen LogP contribution in [0.15, 0.2) is 36.4 Å². The van der Waals surface area contributed by atoms with Crippen molar-refractivity contribution in [2.75, 3.05) is 0 Å². The molecule has 0 aliphatic rings. The Morgan fingerprint density at radius 2 is 2.05 bits per heavy atom. The van der Waals surface area contributed by atoms with E-state index in [1.165, 1.54) is 0 Å².